The summed E-state index contributed by atoms with van der Waals surface area (Å²) in [6.45, 7) is 0. The summed E-state index contributed by atoms with van der Waals surface area (Å²) in [4.78, 5) is 12.0. The van der Waals surface area contributed by atoms with Crippen molar-refractivity contribution in [3.8, 4) is 0 Å². The second kappa shape index (κ2) is 4.77. The Bertz CT molecular complexity index is 795. The lowest BCUT2D eigenvalue weighted by molar-refractivity contribution is 0.102. The van der Waals surface area contributed by atoms with E-state index in [4.69, 9.17) is 0 Å². The van der Waals surface area contributed by atoms with Crippen LogP contribution in [0.25, 0.3) is 10.9 Å². The zero-order chi connectivity index (χ0) is 14.1. The number of benzene rings is 2. The van der Waals surface area contributed by atoms with Crippen molar-refractivity contribution >= 4 is 22.5 Å². The molecule has 0 atom stereocenters. The van der Waals surface area contributed by atoms with Crippen LogP contribution in [-0.4, -0.2) is 15.7 Å². The summed E-state index contributed by atoms with van der Waals surface area (Å²) in [5, 5.41) is 7.88. The first-order valence-corrected chi connectivity index (χ1v) is 6.12. The molecule has 0 bridgehead atoms. The quantitative estimate of drug-likeness (QED) is 0.777. The third-order valence-electron chi connectivity index (χ3n) is 3.09. The first-order valence-electron chi connectivity index (χ1n) is 6.12. The van der Waals surface area contributed by atoms with Crippen molar-refractivity contribution in [1.29, 1.82) is 0 Å². The highest BCUT2D eigenvalue weighted by molar-refractivity contribution is 6.05. The number of nitrogens with zero attached hydrogens (tertiary/aromatic N) is 2. The first kappa shape index (κ1) is 12.3. The van der Waals surface area contributed by atoms with Crippen LogP contribution in [-0.2, 0) is 7.05 Å². The van der Waals surface area contributed by atoms with Crippen molar-refractivity contribution in [2.75, 3.05) is 5.32 Å². The van der Waals surface area contributed by atoms with Crippen molar-refractivity contribution in [2.24, 2.45) is 7.05 Å². The molecule has 0 aliphatic carbocycles. The predicted octanol–water partition coefficient (Wildman–Crippen LogP) is 2.96. The standard InChI is InChI=1S/C15H12FN3O/c1-19-14-8-13(6-5-11(14)9-17-19)18-15(20)10-3-2-4-12(16)7-10/h2-9H,1H3,(H,18,20). The Morgan fingerprint density at radius 2 is 2.10 bits per heavy atom. The SMILES string of the molecule is Cn1ncc2ccc(NC(=O)c3cccc(F)c3)cc21. The Morgan fingerprint density at radius 3 is 2.90 bits per heavy atom. The lowest BCUT2D eigenvalue weighted by Gasteiger charge is -2.06. The average molecular weight is 269 g/mol. The maximum absolute atomic E-state index is 13.1. The highest BCUT2D eigenvalue weighted by atomic mass is 19.1. The molecular weight excluding hydrogens is 257 g/mol. The molecule has 0 saturated carbocycles. The van der Waals surface area contributed by atoms with Crippen LogP contribution in [0.1, 0.15) is 10.4 Å². The van der Waals surface area contributed by atoms with Crippen LogP contribution in [0.15, 0.2) is 48.7 Å². The number of aromatic nitrogens is 2. The Kier molecular flexibility index (Phi) is 2.95. The van der Waals surface area contributed by atoms with E-state index >= 15 is 0 Å². The van der Waals surface area contributed by atoms with Gasteiger partial charge in [-0.15, -0.1) is 0 Å². The minimum Gasteiger partial charge on any atom is -0.322 e. The maximum Gasteiger partial charge on any atom is 0.255 e. The molecule has 20 heavy (non-hydrogen) atoms. The summed E-state index contributed by atoms with van der Waals surface area (Å²) in [5.74, 6) is -0.772. The van der Waals surface area contributed by atoms with Crippen LogP contribution in [0.5, 0.6) is 0 Å². The fourth-order valence-electron chi connectivity index (χ4n) is 2.05. The number of amides is 1. The topological polar surface area (TPSA) is 46.9 Å². The van der Waals surface area contributed by atoms with E-state index in [0.717, 1.165) is 10.9 Å². The van der Waals surface area contributed by atoms with Gasteiger partial charge in [-0.3, -0.25) is 9.48 Å². The smallest absolute Gasteiger partial charge is 0.255 e. The van der Waals surface area contributed by atoms with Gasteiger partial charge in [-0.2, -0.15) is 5.10 Å². The lowest BCUT2D eigenvalue weighted by Crippen LogP contribution is -2.12. The number of anilines is 1. The van der Waals surface area contributed by atoms with Gasteiger partial charge in [0.1, 0.15) is 5.82 Å². The normalized spacial score (nSPS) is 10.7. The molecule has 4 nitrogen and oxygen atoms in total. The highest BCUT2D eigenvalue weighted by Crippen LogP contribution is 2.19. The van der Waals surface area contributed by atoms with Gasteiger partial charge in [-0.25, -0.2) is 4.39 Å². The average Bonchev–Trinajstić information content (AvgIpc) is 2.80. The second-order valence-electron chi connectivity index (χ2n) is 4.51. The summed E-state index contributed by atoms with van der Waals surface area (Å²) in [5.41, 5.74) is 1.85. The minimum absolute atomic E-state index is 0.287. The molecule has 100 valence electrons. The van der Waals surface area contributed by atoms with Gasteiger partial charge in [0.2, 0.25) is 0 Å². The molecule has 0 spiro atoms. The van der Waals surface area contributed by atoms with Crippen LogP contribution >= 0.6 is 0 Å². The van der Waals surface area contributed by atoms with Crippen molar-refractivity contribution in [3.63, 3.8) is 0 Å². The third-order valence-corrected chi connectivity index (χ3v) is 3.09. The van der Waals surface area contributed by atoms with Crippen LogP contribution < -0.4 is 5.32 Å². The summed E-state index contributed by atoms with van der Waals surface area (Å²) < 4.78 is 14.8. The van der Waals surface area contributed by atoms with E-state index in [1.807, 2.05) is 19.2 Å². The van der Waals surface area contributed by atoms with E-state index < -0.39 is 5.82 Å². The van der Waals surface area contributed by atoms with Crippen molar-refractivity contribution in [2.45, 2.75) is 0 Å². The Hall–Kier alpha value is -2.69. The Morgan fingerprint density at radius 1 is 1.25 bits per heavy atom. The number of aryl methyl sites for hydroxylation is 1. The number of halogens is 1. The number of carbonyl (C=O) groups is 1. The van der Waals surface area contributed by atoms with Crippen molar-refractivity contribution in [1.82, 2.24) is 9.78 Å². The monoisotopic (exact) mass is 269 g/mol. The molecule has 3 aromatic rings. The van der Waals surface area contributed by atoms with E-state index in [2.05, 4.69) is 10.4 Å². The molecule has 0 unspecified atom stereocenters. The zero-order valence-electron chi connectivity index (χ0n) is 10.8. The van der Waals surface area contributed by atoms with Crippen molar-refractivity contribution < 1.29 is 9.18 Å². The fraction of sp³-hybridized carbons (Fsp3) is 0.0667. The first-order chi connectivity index (χ1) is 9.63. The molecule has 1 heterocycles. The Balaban J connectivity index is 1.89. The molecule has 0 aliphatic rings. The maximum atomic E-state index is 13.1. The van der Waals surface area contributed by atoms with Gasteiger partial charge in [0.15, 0.2) is 0 Å². The summed E-state index contributed by atoms with van der Waals surface area (Å²) in [6.07, 6.45) is 1.76. The largest absolute Gasteiger partial charge is 0.322 e. The lowest BCUT2D eigenvalue weighted by atomic mass is 10.2. The van der Waals surface area contributed by atoms with Crippen LogP contribution in [0.4, 0.5) is 10.1 Å². The number of rotatable bonds is 2. The number of carbonyl (C=O) groups excluding carboxylic acids is 1. The van der Waals surface area contributed by atoms with Crippen LogP contribution in [0.2, 0.25) is 0 Å². The number of hydrogen-bond acceptors (Lipinski definition) is 2. The van der Waals surface area contributed by atoms with Gasteiger partial charge in [0, 0.05) is 23.7 Å². The number of nitrogens with one attached hydrogen (secondary N) is 1. The molecule has 1 aromatic heterocycles. The molecule has 0 fully saturated rings. The molecule has 1 N–H and O–H groups in total. The third kappa shape index (κ3) is 2.25. The van der Waals surface area contributed by atoms with Crippen LogP contribution in [0.3, 0.4) is 0 Å². The van der Waals surface area contributed by atoms with E-state index in [1.165, 1.54) is 18.2 Å². The fourth-order valence-corrected chi connectivity index (χ4v) is 2.05. The van der Waals surface area contributed by atoms with Gasteiger partial charge in [0.05, 0.1) is 11.7 Å². The molecule has 3 rings (SSSR count). The van der Waals surface area contributed by atoms with Gasteiger partial charge in [0.25, 0.3) is 5.91 Å². The molecule has 0 aliphatic heterocycles. The molecule has 0 radical (unpaired) electrons. The summed E-state index contributed by atoms with van der Waals surface area (Å²) >= 11 is 0. The number of fused-ring (bicyclic) bond motifs is 1. The summed E-state index contributed by atoms with van der Waals surface area (Å²) in [6, 6.07) is 11.1. The van der Waals surface area contributed by atoms with E-state index in [9.17, 15) is 9.18 Å². The molecule has 0 saturated heterocycles. The summed E-state index contributed by atoms with van der Waals surface area (Å²) in [7, 11) is 1.83. The second-order valence-corrected chi connectivity index (χ2v) is 4.51. The highest BCUT2D eigenvalue weighted by Gasteiger charge is 2.08. The molecule has 5 heteroatoms. The van der Waals surface area contributed by atoms with Gasteiger partial charge >= 0.3 is 0 Å². The zero-order valence-corrected chi connectivity index (χ0v) is 10.8. The van der Waals surface area contributed by atoms with E-state index in [-0.39, 0.29) is 11.5 Å². The van der Waals surface area contributed by atoms with Crippen molar-refractivity contribution in [3.05, 3.63) is 60.0 Å². The van der Waals surface area contributed by atoms with E-state index in [0.29, 0.717) is 5.69 Å². The Labute approximate surface area is 114 Å². The predicted molar refractivity (Wildman–Crippen MR) is 75.1 cm³/mol. The van der Waals surface area contributed by atoms with Gasteiger partial charge < -0.3 is 5.32 Å². The molecular formula is C15H12FN3O. The van der Waals surface area contributed by atoms with Gasteiger partial charge in [-0.1, -0.05) is 6.07 Å². The molecule has 2 aromatic carbocycles. The van der Waals surface area contributed by atoms with E-state index in [1.54, 1.807) is 23.0 Å². The minimum atomic E-state index is -0.431. The number of hydrogen-bond donors (Lipinski definition) is 1. The van der Waals surface area contributed by atoms with Gasteiger partial charge in [-0.05, 0) is 36.4 Å². The molecule has 1 amide bonds. The van der Waals surface area contributed by atoms with Crippen LogP contribution in [0, 0.1) is 5.82 Å².